The summed E-state index contributed by atoms with van der Waals surface area (Å²) in [5.41, 5.74) is 0.500. The maximum atomic E-state index is 12.1. The molecule has 2 heterocycles. The summed E-state index contributed by atoms with van der Waals surface area (Å²) in [6.07, 6.45) is 4.76. The van der Waals surface area contributed by atoms with Crippen LogP contribution >= 0.6 is 0 Å². The van der Waals surface area contributed by atoms with E-state index in [1.54, 1.807) is 12.3 Å². The molecule has 5 nitrogen and oxygen atoms in total. The van der Waals surface area contributed by atoms with Crippen LogP contribution in [0.2, 0.25) is 0 Å². The number of aromatic nitrogens is 2. The van der Waals surface area contributed by atoms with Gasteiger partial charge in [-0.3, -0.25) is 4.79 Å². The van der Waals surface area contributed by atoms with Gasteiger partial charge in [-0.05, 0) is 24.7 Å². The fourth-order valence-electron chi connectivity index (χ4n) is 2.32. The number of aliphatic hydroxyl groups excluding tert-OH is 1. The quantitative estimate of drug-likeness (QED) is 0.914. The summed E-state index contributed by atoms with van der Waals surface area (Å²) in [5, 5.41) is 14.3. The zero-order chi connectivity index (χ0) is 14.8. The van der Waals surface area contributed by atoms with Crippen LogP contribution < -0.4 is 10.5 Å². The summed E-state index contributed by atoms with van der Waals surface area (Å²) in [4.78, 5) is 14.3. The lowest BCUT2D eigenvalue weighted by Gasteiger charge is -2.29. The highest BCUT2D eigenvalue weighted by Crippen LogP contribution is 2.20. The average Bonchev–Trinajstić information content (AvgIpc) is 2.41. The first-order valence-electron chi connectivity index (χ1n) is 7.38. The van der Waals surface area contributed by atoms with Crippen molar-refractivity contribution in [2.75, 3.05) is 18.0 Å². The molecule has 0 spiro atoms. The first-order valence-corrected chi connectivity index (χ1v) is 7.38. The molecule has 1 aliphatic heterocycles. The predicted octanol–water partition coefficient (Wildman–Crippen LogP) is 1.64. The van der Waals surface area contributed by atoms with Gasteiger partial charge in [0.25, 0.3) is 5.56 Å². The van der Waals surface area contributed by atoms with Crippen LogP contribution in [0, 0.1) is 5.41 Å². The fourth-order valence-corrected chi connectivity index (χ4v) is 2.32. The maximum Gasteiger partial charge on any atom is 0.268 e. The second-order valence-electron chi connectivity index (χ2n) is 6.66. The molecule has 0 aliphatic carbocycles. The van der Waals surface area contributed by atoms with Crippen LogP contribution in [0.25, 0.3) is 0 Å². The van der Waals surface area contributed by atoms with Crippen molar-refractivity contribution in [3.63, 3.8) is 0 Å². The number of hydrogen-bond acceptors (Lipinski definition) is 4. The molecule has 1 N–H and O–H groups in total. The summed E-state index contributed by atoms with van der Waals surface area (Å²) >= 11 is 0. The highest BCUT2D eigenvalue weighted by molar-refractivity contribution is 5.43. The van der Waals surface area contributed by atoms with Crippen LogP contribution in [0.4, 0.5) is 5.69 Å². The molecule has 1 fully saturated rings. The van der Waals surface area contributed by atoms with Gasteiger partial charge in [0.1, 0.15) is 0 Å². The molecule has 1 unspecified atom stereocenters. The Hall–Kier alpha value is -1.36. The summed E-state index contributed by atoms with van der Waals surface area (Å²) in [5.74, 6) is 0. The van der Waals surface area contributed by atoms with E-state index in [9.17, 15) is 9.90 Å². The van der Waals surface area contributed by atoms with Crippen LogP contribution in [0.3, 0.4) is 0 Å². The molecule has 0 bridgehead atoms. The lowest BCUT2D eigenvalue weighted by atomic mass is 9.89. The van der Waals surface area contributed by atoms with Gasteiger partial charge in [0, 0.05) is 19.2 Å². The minimum Gasteiger partial charge on any atom is -0.391 e. The topological polar surface area (TPSA) is 58.4 Å². The highest BCUT2D eigenvalue weighted by Gasteiger charge is 2.23. The third-order valence-corrected chi connectivity index (χ3v) is 3.92. The van der Waals surface area contributed by atoms with E-state index in [4.69, 9.17) is 0 Å². The Bertz CT molecular complexity index is 499. The number of anilines is 1. The van der Waals surface area contributed by atoms with Crippen molar-refractivity contribution in [3.05, 3.63) is 22.6 Å². The summed E-state index contributed by atoms with van der Waals surface area (Å²) in [6.45, 7) is 8.08. The standard InChI is InChI=1S/C15H25N3O2/c1-15(2,3)13(19)11-18-14(20)9-12(10-16-18)17-7-5-4-6-8-17/h9-10,13,19H,4-8,11H2,1-3H3. The number of hydrogen-bond donors (Lipinski definition) is 1. The van der Waals surface area contributed by atoms with Crippen molar-refractivity contribution in [1.29, 1.82) is 0 Å². The van der Waals surface area contributed by atoms with Crippen molar-refractivity contribution in [2.24, 2.45) is 5.41 Å². The Balaban J connectivity index is 2.11. The predicted molar refractivity (Wildman–Crippen MR) is 80.0 cm³/mol. The van der Waals surface area contributed by atoms with E-state index < -0.39 is 6.10 Å². The summed E-state index contributed by atoms with van der Waals surface area (Å²) in [7, 11) is 0. The normalized spacial score (nSPS) is 18.1. The number of aliphatic hydroxyl groups is 1. The van der Waals surface area contributed by atoms with Crippen molar-refractivity contribution in [3.8, 4) is 0 Å². The molecule has 0 saturated carbocycles. The van der Waals surface area contributed by atoms with E-state index >= 15 is 0 Å². The molecule has 1 atom stereocenters. The highest BCUT2D eigenvalue weighted by atomic mass is 16.3. The molecule has 1 aromatic rings. The molecule has 1 aromatic heterocycles. The van der Waals surface area contributed by atoms with Crippen LogP contribution in [-0.4, -0.2) is 34.1 Å². The van der Waals surface area contributed by atoms with Crippen molar-refractivity contribution in [2.45, 2.75) is 52.7 Å². The lowest BCUT2D eigenvalue weighted by Crippen LogP contribution is -2.37. The van der Waals surface area contributed by atoms with Gasteiger partial charge in [0.2, 0.25) is 0 Å². The molecule has 112 valence electrons. The molecular formula is C15H25N3O2. The van der Waals surface area contributed by atoms with Gasteiger partial charge < -0.3 is 10.0 Å². The third kappa shape index (κ3) is 3.60. The van der Waals surface area contributed by atoms with Gasteiger partial charge in [-0.1, -0.05) is 20.8 Å². The van der Waals surface area contributed by atoms with Gasteiger partial charge in [-0.2, -0.15) is 5.10 Å². The first-order chi connectivity index (χ1) is 9.38. The number of piperidine rings is 1. The van der Waals surface area contributed by atoms with Gasteiger partial charge in [-0.15, -0.1) is 0 Å². The zero-order valence-electron chi connectivity index (χ0n) is 12.7. The third-order valence-electron chi connectivity index (χ3n) is 3.92. The van der Waals surface area contributed by atoms with E-state index in [2.05, 4.69) is 10.00 Å². The zero-order valence-corrected chi connectivity index (χ0v) is 12.7. The summed E-state index contributed by atoms with van der Waals surface area (Å²) < 4.78 is 1.35. The Morgan fingerprint density at radius 2 is 1.95 bits per heavy atom. The Morgan fingerprint density at radius 3 is 2.50 bits per heavy atom. The molecule has 1 saturated heterocycles. The second kappa shape index (κ2) is 5.95. The molecular weight excluding hydrogens is 254 g/mol. The van der Waals surface area contributed by atoms with Crippen molar-refractivity contribution in [1.82, 2.24) is 9.78 Å². The monoisotopic (exact) mass is 279 g/mol. The van der Waals surface area contributed by atoms with E-state index in [0.717, 1.165) is 18.8 Å². The molecule has 5 heteroatoms. The minimum absolute atomic E-state index is 0.142. The van der Waals surface area contributed by atoms with E-state index in [-0.39, 0.29) is 17.5 Å². The molecule has 20 heavy (non-hydrogen) atoms. The van der Waals surface area contributed by atoms with Crippen LogP contribution in [-0.2, 0) is 6.54 Å². The summed E-state index contributed by atoms with van der Waals surface area (Å²) in [6, 6.07) is 1.63. The van der Waals surface area contributed by atoms with Gasteiger partial charge >= 0.3 is 0 Å². The first kappa shape index (κ1) is 15.0. The van der Waals surface area contributed by atoms with Gasteiger partial charge in [0.05, 0.1) is 24.5 Å². The SMILES string of the molecule is CC(C)(C)C(O)Cn1ncc(N2CCCCC2)cc1=O. The smallest absolute Gasteiger partial charge is 0.268 e. The minimum atomic E-state index is -0.589. The Morgan fingerprint density at radius 1 is 1.30 bits per heavy atom. The molecule has 0 radical (unpaired) electrons. The number of nitrogens with zero attached hydrogens (tertiary/aromatic N) is 3. The fraction of sp³-hybridized carbons (Fsp3) is 0.733. The lowest BCUT2D eigenvalue weighted by molar-refractivity contribution is 0.0438. The van der Waals surface area contributed by atoms with Crippen LogP contribution in [0.5, 0.6) is 0 Å². The van der Waals surface area contributed by atoms with E-state index in [1.165, 1.54) is 23.9 Å². The second-order valence-corrected chi connectivity index (χ2v) is 6.66. The van der Waals surface area contributed by atoms with Crippen molar-refractivity contribution < 1.29 is 5.11 Å². The van der Waals surface area contributed by atoms with Crippen molar-refractivity contribution >= 4 is 5.69 Å². The Labute approximate surface area is 120 Å². The molecule has 1 aliphatic rings. The van der Waals surface area contributed by atoms with E-state index in [1.807, 2.05) is 20.8 Å². The largest absolute Gasteiger partial charge is 0.391 e. The van der Waals surface area contributed by atoms with Gasteiger partial charge in [-0.25, -0.2) is 4.68 Å². The van der Waals surface area contributed by atoms with Crippen LogP contribution in [0.15, 0.2) is 17.1 Å². The van der Waals surface area contributed by atoms with Crippen LogP contribution in [0.1, 0.15) is 40.0 Å². The maximum absolute atomic E-state index is 12.1. The molecule has 0 amide bonds. The van der Waals surface area contributed by atoms with E-state index in [0.29, 0.717) is 0 Å². The molecule has 0 aromatic carbocycles. The molecule has 2 rings (SSSR count). The Kier molecular flexibility index (Phi) is 4.48. The van der Waals surface area contributed by atoms with Gasteiger partial charge in [0.15, 0.2) is 0 Å². The number of rotatable bonds is 3. The average molecular weight is 279 g/mol.